The summed E-state index contributed by atoms with van der Waals surface area (Å²) in [7, 11) is 0. The van der Waals surface area contributed by atoms with Gasteiger partial charge >= 0.3 is 0 Å². The Hall–Kier alpha value is -1.41. The molecule has 0 radical (unpaired) electrons. The summed E-state index contributed by atoms with van der Waals surface area (Å²) in [6, 6.07) is 8.52. The third kappa shape index (κ3) is 1.81. The number of nitrogens with zero attached hydrogens (tertiary/aromatic N) is 1. The smallest absolute Gasteiger partial charge is 0.0737 e. The minimum atomic E-state index is 0.323. The van der Waals surface area contributed by atoms with E-state index in [4.69, 9.17) is 10.7 Å². The maximum atomic E-state index is 5.68. The molecule has 2 N–H and O–H groups in total. The molecule has 0 bridgehead atoms. The summed E-state index contributed by atoms with van der Waals surface area (Å²) in [5.74, 6) is 0.323. The Kier molecular flexibility index (Phi) is 2.92. The molecule has 1 atom stereocenters. The average molecular weight is 214 g/mol. The lowest BCUT2D eigenvalue weighted by Crippen LogP contribution is -2.10. The first-order chi connectivity index (χ1) is 7.63. The molecule has 2 rings (SSSR count). The Morgan fingerprint density at radius 1 is 1.12 bits per heavy atom. The van der Waals surface area contributed by atoms with Gasteiger partial charge in [0.15, 0.2) is 0 Å². The van der Waals surface area contributed by atoms with Gasteiger partial charge in [-0.25, -0.2) is 0 Å². The summed E-state index contributed by atoms with van der Waals surface area (Å²) in [5, 5.41) is 1.24. The minimum absolute atomic E-state index is 0.323. The fourth-order valence-electron chi connectivity index (χ4n) is 1.91. The number of pyridine rings is 1. The van der Waals surface area contributed by atoms with E-state index in [0.29, 0.717) is 12.5 Å². The summed E-state index contributed by atoms with van der Waals surface area (Å²) >= 11 is 0. The van der Waals surface area contributed by atoms with Gasteiger partial charge in [0, 0.05) is 23.5 Å². The molecule has 0 fully saturated rings. The number of rotatable bonds is 2. The first kappa shape index (κ1) is 11.1. The van der Waals surface area contributed by atoms with E-state index >= 15 is 0 Å². The monoisotopic (exact) mass is 214 g/mol. The van der Waals surface area contributed by atoms with Crippen molar-refractivity contribution in [1.29, 1.82) is 0 Å². The Labute approximate surface area is 96.5 Å². The Bertz CT molecular complexity index is 517. The minimum Gasteiger partial charge on any atom is -0.330 e. The van der Waals surface area contributed by atoms with Crippen molar-refractivity contribution in [3.05, 3.63) is 41.1 Å². The van der Waals surface area contributed by atoms with Crippen molar-refractivity contribution < 1.29 is 0 Å². The standard InChI is InChI=1S/C14H18N2/c1-9-4-5-10(2)14-12(9)6-7-13(16-14)11(3)8-15/h4-7,11H,8,15H2,1-3H3. The lowest BCUT2D eigenvalue weighted by atomic mass is 10.0. The van der Waals surface area contributed by atoms with Gasteiger partial charge in [0.2, 0.25) is 0 Å². The van der Waals surface area contributed by atoms with Gasteiger partial charge < -0.3 is 5.73 Å². The molecule has 16 heavy (non-hydrogen) atoms. The second-order valence-corrected chi connectivity index (χ2v) is 4.47. The first-order valence-electron chi connectivity index (χ1n) is 5.70. The van der Waals surface area contributed by atoms with Gasteiger partial charge in [-0.3, -0.25) is 4.98 Å². The van der Waals surface area contributed by atoms with Crippen LogP contribution in [-0.2, 0) is 0 Å². The van der Waals surface area contributed by atoms with E-state index in [2.05, 4.69) is 45.0 Å². The van der Waals surface area contributed by atoms with Crippen LogP contribution in [0.25, 0.3) is 10.9 Å². The molecule has 84 valence electrons. The van der Waals surface area contributed by atoms with E-state index in [0.717, 1.165) is 11.2 Å². The summed E-state index contributed by atoms with van der Waals surface area (Å²) in [5.41, 5.74) is 10.4. The topological polar surface area (TPSA) is 38.9 Å². The zero-order chi connectivity index (χ0) is 11.7. The molecule has 0 aliphatic carbocycles. The van der Waals surface area contributed by atoms with E-state index in [9.17, 15) is 0 Å². The lowest BCUT2D eigenvalue weighted by Gasteiger charge is -2.11. The first-order valence-corrected chi connectivity index (χ1v) is 5.70. The fraction of sp³-hybridized carbons (Fsp3) is 0.357. The van der Waals surface area contributed by atoms with Gasteiger partial charge in [-0.2, -0.15) is 0 Å². The summed E-state index contributed by atoms with van der Waals surface area (Å²) < 4.78 is 0. The molecule has 0 aliphatic rings. The Balaban J connectivity index is 2.66. The highest BCUT2D eigenvalue weighted by molar-refractivity contribution is 5.85. The van der Waals surface area contributed by atoms with Crippen molar-refractivity contribution in [1.82, 2.24) is 4.98 Å². The van der Waals surface area contributed by atoms with Crippen molar-refractivity contribution >= 4 is 10.9 Å². The quantitative estimate of drug-likeness (QED) is 0.834. The third-order valence-electron chi connectivity index (χ3n) is 3.16. The van der Waals surface area contributed by atoms with Crippen LogP contribution in [0.2, 0.25) is 0 Å². The van der Waals surface area contributed by atoms with Crippen molar-refractivity contribution in [2.24, 2.45) is 5.73 Å². The molecular formula is C14H18N2. The number of hydrogen-bond donors (Lipinski definition) is 1. The van der Waals surface area contributed by atoms with Gasteiger partial charge in [-0.05, 0) is 31.0 Å². The van der Waals surface area contributed by atoms with Gasteiger partial charge in [0.1, 0.15) is 0 Å². The van der Waals surface area contributed by atoms with Crippen molar-refractivity contribution in [2.45, 2.75) is 26.7 Å². The molecule has 1 aromatic carbocycles. The largest absolute Gasteiger partial charge is 0.330 e. The van der Waals surface area contributed by atoms with Crippen LogP contribution in [0.3, 0.4) is 0 Å². The zero-order valence-corrected chi connectivity index (χ0v) is 10.1. The zero-order valence-electron chi connectivity index (χ0n) is 10.1. The van der Waals surface area contributed by atoms with Crippen LogP contribution in [0.5, 0.6) is 0 Å². The highest BCUT2D eigenvalue weighted by Gasteiger charge is 2.08. The molecule has 0 spiro atoms. The molecule has 1 unspecified atom stereocenters. The molecule has 2 heteroatoms. The Morgan fingerprint density at radius 3 is 2.50 bits per heavy atom. The fourth-order valence-corrected chi connectivity index (χ4v) is 1.91. The van der Waals surface area contributed by atoms with Gasteiger partial charge in [0.25, 0.3) is 0 Å². The molecule has 1 aromatic heterocycles. The van der Waals surface area contributed by atoms with Crippen LogP contribution in [-0.4, -0.2) is 11.5 Å². The second kappa shape index (κ2) is 4.22. The number of nitrogens with two attached hydrogens (primary N) is 1. The van der Waals surface area contributed by atoms with Crippen LogP contribution in [0.15, 0.2) is 24.3 Å². The number of fused-ring (bicyclic) bond motifs is 1. The number of aryl methyl sites for hydroxylation is 2. The predicted molar refractivity (Wildman–Crippen MR) is 68.7 cm³/mol. The molecule has 0 amide bonds. The van der Waals surface area contributed by atoms with Gasteiger partial charge in [-0.15, -0.1) is 0 Å². The number of aromatic nitrogens is 1. The number of benzene rings is 1. The van der Waals surface area contributed by atoms with Crippen molar-refractivity contribution in [2.75, 3.05) is 6.54 Å². The van der Waals surface area contributed by atoms with E-state index in [1.165, 1.54) is 16.5 Å². The van der Waals surface area contributed by atoms with Crippen LogP contribution >= 0.6 is 0 Å². The van der Waals surface area contributed by atoms with Crippen molar-refractivity contribution in [3.63, 3.8) is 0 Å². The lowest BCUT2D eigenvalue weighted by molar-refractivity contribution is 0.749. The van der Waals surface area contributed by atoms with Gasteiger partial charge in [-0.1, -0.05) is 25.1 Å². The van der Waals surface area contributed by atoms with E-state index in [1.807, 2.05) is 0 Å². The average Bonchev–Trinajstić information content (AvgIpc) is 2.32. The SMILES string of the molecule is Cc1ccc(C)c2nc(C(C)CN)ccc12. The van der Waals surface area contributed by atoms with Crippen LogP contribution < -0.4 is 5.73 Å². The van der Waals surface area contributed by atoms with Crippen molar-refractivity contribution in [3.8, 4) is 0 Å². The summed E-state index contributed by atoms with van der Waals surface area (Å²) in [6.45, 7) is 6.98. The molecule has 0 saturated carbocycles. The maximum Gasteiger partial charge on any atom is 0.0737 e. The predicted octanol–water partition coefficient (Wildman–Crippen LogP) is 2.91. The molecule has 0 aliphatic heterocycles. The van der Waals surface area contributed by atoms with E-state index < -0.39 is 0 Å². The van der Waals surface area contributed by atoms with Gasteiger partial charge in [0.05, 0.1) is 5.52 Å². The molecule has 2 aromatic rings. The maximum absolute atomic E-state index is 5.68. The highest BCUT2D eigenvalue weighted by atomic mass is 14.7. The normalized spacial score (nSPS) is 13.0. The second-order valence-electron chi connectivity index (χ2n) is 4.47. The summed E-state index contributed by atoms with van der Waals surface area (Å²) in [6.07, 6.45) is 0. The number of hydrogen-bond acceptors (Lipinski definition) is 2. The molecule has 2 nitrogen and oxygen atoms in total. The molecule has 1 heterocycles. The van der Waals surface area contributed by atoms with E-state index in [1.54, 1.807) is 0 Å². The molecule has 0 saturated heterocycles. The molecular weight excluding hydrogens is 196 g/mol. The highest BCUT2D eigenvalue weighted by Crippen LogP contribution is 2.22. The third-order valence-corrected chi connectivity index (χ3v) is 3.16. The Morgan fingerprint density at radius 2 is 1.81 bits per heavy atom. The van der Waals surface area contributed by atoms with E-state index in [-0.39, 0.29) is 0 Å². The van der Waals surface area contributed by atoms with Crippen LogP contribution in [0.1, 0.15) is 29.7 Å². The summed E-state index contributed by atoms with van der Waals surface area (Å²) in [4.78, 5) is 4.73. The van der Waals surface area contributed by atoms with Crippen LogP contribution in [0, 0.1) is 13.8 Å². The van der Waals surface area contributed by atoms with Crippen LogP contribution in [0.4, 0.5) is 0 Å².